The molecule has 0 fully saturated rings. The van der Waals surface area contributed by atoms with E-state index in [0.717, 1.165) is 16.6 Å². The lowest BCUT2D eigenvalue weighted by Gasteiger charge is -2.04. The average Bonchev–Trinajstić information content (AvgIpc) is 2.76. The van der Waals surface area contributed by atoms with Crippen LogP contribution in [0.3, 0.4) is 0 Å². The number of aromatic nitrogens is 1. The Morgan fingerprint density at radius 1 is 1.50 bits per heavy atom. The zero-order valence-electron chi connectivity index (χ0n) is 10.7. The number of carboxylic acid groups (broad SMARTS) is 1. The molecule has 0 aliphatic carbocycles. The number of para-hydroxylation sites is 1. The van der Waals surface area contributed by atoms with Crippen molar-refractivity contribution in [1.82, 2.24) is 4.98 Å². The van der Waals surface area contributed by atoms with E-state index in [2.05, 4.69) is 4.98 Å². The molecule has 0 saturated heterocycles. The molecule has 0 radical (unpaired) electrons. The SMILES string of the molecule is Cc1nc(COc2ccccc2F)sc1/C=C/C(=O)O. The molecule has 1 aromatic heterocycles. The van der Waals surface area contributed by atoms with E-state index >= 15 is 0 Å². The van der Waals surface area contributed by atoms with Crippen LogP contribution in [0.5, 0.6) is 5.75 Å². The van der Waals surface area contributed by atoms with Crippen molar-refractivity contribution in [1.29, 1.82) is 0 Å². The Morgan fingerprint density at radius 2 is 2.25 bits per heavy atom. The Kier molecular flexibility index (Phi) is 4.47. The molecule has 0 spiro atoms. The van der Waals surface area contributed by atoms with Crippen LogP contribution in [0.25, 0.3) is 6.08 Å². The topological polar surface area (TPSA) is 59.4 Å². The van der Waals surface area contributed by atoms with E-state index in [-0.39, 0.29) is 12.4 Å². The highest BCUT2D eigenvalue weighted by molar-refractivity contribution is 7.12. The van der Waals surface area contributed by atoms with Crippen molar-refractivity contribution in [2.75, 3.05) is 0 Å². The monoisotopic (exact) mass is 293 g/mol. The van der Waals surface area contributed by atoms with Gasteiger partial charge in [0, 0.05) is 6.08 Å². The van der Waals surface area contributed by atoms with Crippen molar-refractivity contribution in [3.63, 3.8) is 0 Å². The van der Waals surface area contributed by atoms with Crippen molar-refractivity contribution >= 4 is 23.4 Å². The lowest BCUT2D eigenvalue weighted by molar-refractivity contribution is -0.131. The van der Waals surface area contributed by atoms with Crippen LogP contribution < -0.4 is 4.74 Å². The molecular weight excluding hydrogens is 281 g/mol. The van der Waals surface area contributed by atoms with Gasteiger partial charge in [0.2, 0.25) is 0 Å². The molecule has 2 rings (SSSR count). The first kappa shape index (κ1) is 14.2. The Morgan fingerprint density at radius 3 is 2.95 bits per heavy atom. The van der Waals surface area contributed by atoms with Gasteiger partial charge < -0.3 is 9.84 Å². The predicted octanol–water partition coefficient (Wildman–Crippen LogP) is 3.27. The fourth-order valence-electron chi connectivity index (χ4n) is 1.53. The molecule has 6 heteroatoms. The summed E-state index contributed by atoms with van der Waals surface area (Å²) in [6, 6.07) is 6.14. The molecule has 0 aliphatic rings. The van der Waals surface area contributed by atoms with E-state index in [1.54, 1.807) is 25.1 Å². The average molecular weight is 293 g/mol. The molecule has 1 aromatic carbocycles. The molecule has 0 bridgehead atoms. The largest absolute Gasteiger partial charge is 0.483 e. The van der Waals surface area contributed by atoms with Crippen LogP contribution in [0.15, 0.2) is 30.3 Å². The lowest BCUT2D eigenvalue weighted by atomic mass is 10.3. The predicted molar refractivity (Wildman–Crippen MR) is 74.3 cm³/mol. The van der Waals surface area contributed by atoms with Crippen molar-refractivity contribution in [3.05, 3.63) is 51.7 Å². The van der Waals surface area contributed by atoms with Crippen LogP contribution in [0, 0.1) is 12.7 Å². The van der Waals surface area contributed by atoms with Crippen LogP contribution in [-0.4, -0.2) is 16.1 Å². The maximum absolute atomic E-state index is 13.4. The number of nitrogens with zero attached hydrogens (tertiary/aromatic N) is 1. The summed E-state index contributed by atoms with van der Waals surface area (Å²) in [5.41, 5.74) is 0.722. The minimum absolute atomic E-state index is 0.146. The third kappa shape index (κ3) is 3.64. The number of hydrogen-bond acceptors (Lipinski definition) is 4. The highest BCUT2D eigenvalue weighted by Crippen LogP contribution is 2.22. The maximum Gasteiger partial charge on any atom is 0.328 e. The number of thiazole rings is 1. The fourth-order valence-corrected chi connectivity index (χ4v) is 2.41. The molecule has 4 nitrogen and oxygen atoms in total. The van der Waals surface area contributed by atoms with Gasteiger partial charge in [-0.3, -0.25) is 0 Å². The summed E-state index contributed by atoms with van der Waals surface area (Å²) in [4.78, 5) is 15.5. The van der Waals surface area contributed by atoms with Gasteiger partial charge in [-0.15, -0.1) is 11.3 Å². The molecule has 1 N–H and O–H groups in total. The van der Waals surface area contributed by atoms with Gasteiger partial charge in [0.1, 0.15) is 11.6 Å². The number of benzene rings is 1. The second kappa shape index (κ2) is 6.29. The fraction of sp³-hybridized carbons (Fsp3) is 0.143. The van der Waals surface area contributed by atoms with E-state index in [4.69, 9.17) is 9.84 Å². The molecule has 2 aromatic rings. The molecule has 1 heterocycles. The highest BCUT2D eigenvalue weighted by atomic mass is 32.1. The number of carboxylic acids is 1. The second-order valence-corrected chi connectivity index (χ2v) is 5.06. The van der Waals surface area contributed by atoms with Gasteiger partial charge in [-0.1, -0.05) is 12.1 Å². The zero-order valence-corrected chi connectivity index (χ0v) is 11.5. The molecule has 0 amide bonds. The number of halogens is 1. The number of aryl methyl sites for hydroxylation is 1. The van der Waals surface area contributed by atoms with E-state index < -0.39 is 11.8 Å². The van der Waals surface area contributed by atoms with Crippen molar-refractivity contribution in [3.8, 4) is 5.75 Å². The van der Waals surface area contributed by atoms with Gasteiger partial charge in [0.05, 0.1) is 10.6 Å². The molecular formula is C14H12FNO3S. The standard InChI is InChI=1S/C14H12FNO3S/c1-9-12(6-7-14(17)18)20-13(16-9)8-19-11-5-3-2-4-10(11)15/h2-7H,8H2,1H3,(H,17,18)/b7-6+. The zero-order chi connectivity index (χ0) is 14.5. The molecule has 0 unspecified atom stereocenters. The van der Waals surface area contributed by atoms with Gasteiger partial charge in [-0.05, 0) is 25.1 Å². The number of rotatable bonds is 5. The highest BCUT2D eigenvalue weighted by Gasteiger charge is 2.08. The Hall–Kier alpha value is -2.21. The number of hydrogen-bond donors (Lipinski definition) is 1. The van der Waals surface area contributed by atoms with Gasteiger partial charge in [0.15, 0.2) is 11.6 Å². The molecule has 104 valence electrons. The molecule has 0 saturated carbocycles. The van der Waals surface area contributed by atoms with Crippen LogP contribution in [0.1, 0.15) is 15.6 Å². The smallest absolute Gasteiger partial charge is 0.328 e. The van der Waals surface area contributed by atoms with E-state index in [1.165, 1.54) is 23.5 Å². The van der Waals surface area contributed by atoms with Gasteiger partial charge in [0.25, 0.3) is 0 Å². The van der Waals surface area contributed by atoms with Gasteiger partial charge in [-0.25, -0.2) is 14.2 Å². The first-order valence-corrected chi connectivity index (χ1v) is 6.62. The summed E-state index contributed by atoms with van der Waals surface area (Å²) < 4.78 is 18.7. The second-order valence-electron chi connectivity index (χ2n) is 3.95. The first-order chi connectivity index (χ1) is 9.56. The Bertz CT molecular complexity index is 652. The van der Waals surface area contributed by atoms with Crippen LogP contribution in [0.4, 0.5) is 4.39 Å². The van der Waals surface area contributed by atoms with E-state index in [1.807, 2.05) is 0 Å². The summed E-state index contributed by atoms with van der Waals surface area (Å²) in [6.45, 7) is 1.93. The van der Waals surface area contributed by atoms with Gasteiger partial charge >= 0.3 is 5.97 Å². The van der Waals surface area contributed by atoms with Crippen molar-refractivity contribution in [2.45, 2.75) is 13.5 Å². The normalized spacial score (nSPS) is 10.9. The third-order valence-electron chi connectivity index (χ3n) is 2.44. The number of carbonyl (C=O) groups is 1. The minimum atomic E-state index is -1.01. The van der Waals surface area contributed by atoms with Crippen molar-refractivity contribution < 1.29 is 19.0 Å². The van der Waals surface area contributed by atoms with Crippen LogP contribution >= 0.6 is 11.3 Å². The molecule has 0 atom stereocenters. The number of ether oxygens (including phenoxy) is 1. The van der Waals surface area contributed by atoms with Crippen molar-refractivity contribution in [2.24, 2.45) is 0 Å². The summed E-state index contributed by atoms with van der Waals surface area (Å²) in [5.74, 6) is -1.27. The van der Waals surface area contributed by atoms with Crippen LogP contribution in [0.2, 0.25) is 0 Å². The lowest BCUT2D eigenvalue weighted by Crippen LogP contribution is -1.96. The summed E-state index contributed by atoms with van der Waals surface area (Å²) >= 11 is 1.32. The molecule has 0 aliphatic heterocycles. The summed E-state index contributed by atoms with van der Waals surface area (Å²) in [5, 5.41) is 9.25. The Labute approximate surface area is 119 Å². The van der Waals surface area contributed by atoms with E-state index in [0.29, 0.717) is 5.01 Å². The first-order valence-electron chi connectivity index (χ1n) is 5.81. The maximum atomic E-state index is 13.4. The Balaban J connectivity index is 2.06. The summed E-state index contributed by atoms with van der Waals surface area (Å²) in [6.07, 6.45) is 2.55. The van der Waals surface area contributed by atoms with Gasteiger partial charge in [-0.2, -0.15) is 0 Å². The molecule has 20 heavy (non-hydrogen) atoms. The van der Waals surface area contributed by atoms with E-state index in [9.17, 15) is 9.18 Å². The van der Waals surface area contributed by atoms with Crippen LogP contribution in [-0.2, 0) is 11.4 Å². The minimum Gasteiger partial charge on any atom is -0.483 e. The summed E-state index contributed by atoms with van der Waals surface area (Å²) in [7, 11) is 0. The quantitative estimate of drug-likeness (QED) is 0.860. The number of aliphatic carboxylic acids is 1. The third-order valence-corrected chi connectivity index (χ3v) is 3.54.